The lowest BCUT2D eigenvalue weighted by molar-refractivity contribution is -0.167. The largest absolute Gasteiger partial charge is 0.462 e. The maximum atomic E-state index is 12.8. The van der Waals surface area contributed by atoms with E-state index in [-0.39, 0.29) is 31.1 Å². The summed E-state index contributed by atoms with van der Waals surface area (Å²) < 4.78 is 16.8. The van der Waals surface area contributed by atoms with Gasteiger partial charge in [-0.1, -0.05) is 243 Å². The third-order valence-corrected chi connectivity index (χ3v) is 12.3. The fraction of sp³-hybridized carbons (Fsp3) is 0.814. The third-order valence-electron chi connectivity index (χ3n) is 12.3. The van der Waals surface area contributed by atoms with Crippen LogP contribution in [0.1, 0.15) is 290 Å². The number of hydrogen-bond acceptors (Lipinski definition) is 6. The van der Waals surface area contributed by atoms with E-state index < -0.39 is 6.10 Å². The molecule has 0 aromatic heterocycles. The summed E-state index contributed by atoms with van der Waals surface area (Å²) in [5.74, 6) is -0.886. The van der Waals surface area contributed by atoms with Gasteiger partial charge in [0.1, 0.15) is 13.2 Å². The van der Waals surface area contributed by atoms with Gasteiger partial charge in [-0.05, 0) is 77.0 Å². The summed E-state index contributed by atoms with van der Waals surface area (Å²) in [6, 6.07) is 0. The van der Waals surface area contributed by atoms with Gasteiger partial charge in [0.2, 0.25) is 0 Å². The van der Waals surface area contributed by atoms with Crippen molar-refractivity contribution >= 4 is 17.9 Å². The van der Waals surface area contributed by atoms with E-state index in [0.717, 1.165) is 96.3 Å². The predicted molar refractivity (Wildman–Crippen MR) is 279 cm³/mol. The zero-order valence-corrected chi connectivity index (χ0v) is 43.3. The number of allylic oxidation sites excluding steroid dienone is 8. The predicted octanol–water partition coefficient (Wildman–Crippen LogP) is 18.7. The van der Waals surface area contributed by atoms with Crippen LogP contribution in [0.3, 0.4) is 0 Å². The van der Waals surface area contributed by atoms with Gasteiger partial charge in [0, 0.05) is 19.3 Å². The average Bonchev–Trinajstić information content (AvgIpc) is 3.30. The Morgan fingerprint density at radius 2 is 0.600 bits per heavy atom. The molecule has 0 radical (unpaired) electrons. The number of carbonyl (C=O) groups is 3. The van der Waals surface area contributed by atoms with E-state index in [4.69, 9.17) is 14.2 Å². The minimum absolute atomic E-state index is 0.0782. The molecule has 65 heavy (non-hydrogen) atoms. The standard InChI is InChI=1S/C59H106O6/c1-4-7-10-13-16-19-22-25-28-29-32-34-37-40-43-46-49-52-58(61)64-55-56(65-59(62)53-50-47-44-41-38-35-31-27-24-21-18-15-12-9-6-3)54-63-57(60)51-48-45-42-39-36-33-30-26-23-20-17-14-11-8-5-2/h8,11,17,20,25-26,28,30,56H,4-7,9-10,12-16,18-19,21-24,27,29,31-55H2,1-3H3/b11-8-,20-17-,28-25-,30-26-/t56-/m1/s1. The van der Waals surface area contributed by atoms with Crippen LogP contribution in [-0.4, -0.2) is 37.2 Å². The fourth-order valence-electron chi connectivity index (χ4n) is 8.10. The van der Waals surface area contributed by atoms with Crippen LogP contribution in [0, 0.1) is 0 Å². The van der Waals surface area contributed by atoms with Crippen LogP contribution in [-0.2, 0) is 28.6 Å². The number of esters is 3. The lowest BCUT2D eigenvalue weighted by Crippen LogP contribution is -2.30. The highest BCUT2D eigenvalue weighted by Gasteiger charge is 2.19. The highest BCUT2D eigenvalue weighted by molar-refractivity contribution is 5.71. The third kappa shape index (κ3) is 52.2. The van der Waals surface area contributed by atoms with Gasteiger partial charge in [0.15, 0.2) is 6.10 Å². The maximum Gasteiger partial charge on any atom is 0.306 e. The van der Waals surface area contributed by atoms with E-state index >= 15 is 0 Å². The molecule has 0 unspecified atom stereocenters. The van der Waals surface area contributed by atoms with Crippen molar-refractivity contribution in [2.24, 2.45) is 0 Å². The highest BCUT2D eigenvalue weighted by atomic mass is 16.6. The molecular formula is C59H106O6. The first-order valence-corrected chi connectivity index (χ1v) is 28.1. The molecule has 1 atom stereocenters. The molecule has 0 aromatic carbocycles. The molecule has 0 saturated heterocycles. The maximum absolute atomic E-state index is 12.8. The molecule has 0 heterocycles. The van der Waals surface area contributed by atoms with E-state index in [2.05, 4.69) is 69.4 Å². The molecule has 0 aliphatic rings. The molecule has 0 saturated carbocycles. The van der Waals surface area contributed by atoms with Gasteiger partial charge in [-0.2, -0.15) is 0 Å². The zero-order chi connectivity index (χ0) is 47.2. The van der Waals surface area contributed by atoms with Crippen molar-refractivity contribution in [2.45, 2.75) is 297 Å². The van der Waals surface area contributed by atoms with Crippen molar-refractivity contribution in [3.8, 4) is 0 Å². The molecular weight excluding hydrogens is 805 g/mol. The van der Waals surface area contributed by atoms with Crippen molar-refractivity contribution in [3.63, 3.8) is 0 Å². The van der Waals surface area contributed by atoms with Crippen molar-refractivity contribution in [1.82, 2.24) is 0 Å². The Kier molecular flexibility index (Phi) is 51.8. The zero-order valence-electron chi connectivity index (χ0n) is 43.3. The normalized spacial score (nSPS) is 12.4. The van der Waals surface area contributed by atoms with Crippen LogP contribution in [0.2, 0.25) is 0 Å². The van der Waals surface area contributed by atoms with Crippen LogP contribution in [0.15, 0.2) is 48.6 Å². The Morgan fingerprint density at radius 3 is 0.954 bits per heavy atom. The first kappa shape index (κ1) is 62.4. The monoisotopic (exact) mass is 911 g/mol. The van der Waals surface area contributed by atoms with E-state index in [1.54, 1.807) is 0 Å². The molecule has 0 aliphatic heterocycles. The van der Waals surface area contributed by atoms with Gasteiger partial charge in [-0.15, -0.1) is 0 Å². The van der Waals surface area contributed by atoms with Gasteiger partial charge in [0.25, 0.3) is 0 Å². The minimum Gasteiger partial charge on any atom is -0.462 e. The van der Waals surface area contributed by atoms with Crippen molar-refractivity contribution < 1.29 is 28.6 Å². The highest BCUT2D eigenvalue weighted by Crippen LogP contribution is 2.16. The second-order valence-electron chi connectivity index (χ2n) is 18.8. The van der Waals surface area contributed by atoms with Gasteiger partial charge in [0.05, 0.1) is 0 Å². The molecule has 0 amide bonds. The summed E-state index contributed by atoms with van der Waals surface area (Å²) in [6.07, 6.45) is 65.2. The first-order valence-electron chi connectivity index (χ1n) is 28.1. The Balaban J connectivity index is 4.37. The van der Waals surface area contributed by atoms with Crippen LogP contribution in [0.5, 0.6) is 0 Å². The number of carbonyl (C=O) groups excluding carboxylic acids is 3. The summed E-state index contributed by atoms with van der Waals surface area (Å²) in [7, 11) is 0. The van der Waals surface area contributed by atoms with Crippen molar-refractivity contribution in [2.75, 3.05) is 13.2 Å². The fourth-order valence-corrected chi connectivity index (χ4v) is 8.10. The second-order valence-corrected chi connectivity index (χ2v) is 18.8. The molecule has 0 aromatic rings. The van der Waals surface area contributed by atoms with Crippen molar-refractivity contribution in [1.29, 1.82) is 0 Å². The van der Waals surface area contributed by atoms with Gasteiger partial charge in [-0.3, -0.25) is 14.4 Å². The summed E-state index contributed by atoms with van der Waals surface area (Å²) in [5.41, 5.74) is 0. The molecule has 6 nitrogen and oxygen atoms in total. The summed E-state index contributed by atoms with van der Waals surface area (Å²) in [4.78, 5) is 38.1. The molecule has 0 N–H and O–H groups in total. The number of unbranched alkanes of at least 4 members (excludes halogenated alkanes) is 32. The van der Waals surface area contributed by atoms with Crippen LogP contribution < -0.4 is 0 Å². The Hall–Kier alpha value is -2.63. The van der Waals surface area contributed by atoms with Crippen LogP contribution in [0.25, 0.3) is 0 Å². The Bertz CT molecular complexity index is 1140. The Morgan fingerprint density at radius 1 is 0.323 bits per heavy atom. The molecule has 0 bridgehead atoms. The Labute approximate surface area is 403 Å². The molecule has 6 heteroatoms. The number of hydrogen-bond donors (Lipinski definition) is 0. The van der Waals surface area contributed by atoms with Gasteiger partial charge in [-0.25, -0.2) is 0 Å². The molecule has 0 fully saturated rings. The molecule has 0 rings (SSSR count). The lowest BCUT2D eigenvalue weighted by atomic mass is 10.0. The lowest BCUT2D eigenvalue weighted by Gasteiger charge is -2.18. The first-order chi connectivity index (χ1) is 32.0. The SMILES string of the molecule is CC/C=C\C/C=C\C/C=C\CCCCCCCC(=O)OC[C@H](COC(=O)CCCCCCCCC/C=C\CCCCCCCC)OC(=O)CCCCCCCCCCCCCCCCC. The summed E-state index contributed by atoms with van der Waals surface area (Å²) >= 11 is 0. The number of ether oxygens (including phenoxy) is 3. The van der Waals surface area contributed by atoms with E-state index in [9.17, 15) is 14.4 Å². The molecule has 0 aliphatic carbocycles. The number of rotatable bonds is 51. The smallest absolute Gasteiger partial charge is 0.306 e. The summed E-state index contributed by atoms with van der Waals surface area (Å²) in [6.45, 7) is 6.54. The van der Waals surface area contributed by atoms with Gasteiger partial charge >= 0.3 is 17.9 Å². The minimum atomic E-state index is -0.779. The molecule has 378 valence electrons. The average molecular weight is 911 g/mol. The van der Waals surface area contributed by atoms with Crippen molar-refractivity contribution in [3.05, 3.63) is 48.6 Å². The van der Waals surface area contributed by atoms with E-state index in [1.807, 2.05) is 0 Å². The van der Waals surface area contributed by atoms with E-state index in [1.165, 1.54) is 154 Å². The topological polar surface area (TPSA) is 78.9 Å². The van der Waals surface area contributed by atoms with Gasteiger partial charge < -0.3 is 14.2 Å². The summed E-state index contributed by atoms with van der Waals surface area (Å²) in [5, 5.41) is 0. The second kappa shape index (κ2) is 54.0. The quantitative estimate of drug-likeness (QED) is 0.0262. The van der Waals surface area contributed by atoms with E-state index in [0.29, 0.717) is 19.3 Å². The van der Waals surface area contributed by atoms with Crippen LogP contribution in [0.4, 0.5) is 0 Å². The van der Waals surface area contributed by atoms with Crippen LogP contribution >= 0.6 is 0 Å². The molecule has 0 spiro atoms.